The molecular formula is C28H16N4O3S. The molecule has 0 unspecified atom stereocenters. The zero-order chi connectivity index (χ0) is 24.2. The first kappa shape index (κ1) is 20.5. The fraction of sp³-hybridized carbons (Fsp3) is 0. The van der Waals surface area contributed by atoms with Crippen LogP contribution in [-0.4, -0.2) is 19.2 Å². The average molecular weight is 489 g/mol. The first-order valence-corrected chi connectivity index (χ1v) is 12.1. The fourth-order valence-electron chi connectivity index (χ4n) is 4.40. The lowest BCUT2D eigenvalue weighted by molar-refractivity contribution is 0.563. The van der Waals surface area contributed by atoms with E-state index in [2.05, 4.69) is 4.98 Å². The van der Waals surface area contributed by atoms with Crippen molar-refractivity contribution in [2.75, 3.05) is 0 Å². The topological polar surface area (TPSA) is 82.4 Å². The van der Waals surface area contributed by atoms with Crippen molar-refractivity contribution in [1.29, 1.82) is 0 Å². The number of imidazole rings is 1. The summed E-state index contributed by atoms with van der Waals surface area (Å²) in [5, 5.41) is 5.53. The Balaban J connectivity index is 1.50. The molecule has 0 aliphatic rings. The average Bonchev–Trinajstić information content (AvgIpc) is 3.57. The molecule has 7 nitrogen and oxygen atoms in total. The van der Waals surface area contributed by atoms with Gasteiger partial charge in [-0.05, 0) is 42.5 Å². The van der Waals surface area contributed by atoms with E-state index in [9.17, 15) is 9.59 Å². The minimum absolute atomic E-state index is 0.160. The molecule has 0 radical (unpaired) electrons. The Bertz CT molecular complexity index is 2100. The molecule has 3 aromatic carbocycles. The molecule has 0 saturated carbocycles. The van der Waals surface area contributed by atoms with Crippen molar-refractivity contribution in [1.82, 2.24) is 19.2 Å². The second-order valence-electron chi connectivity index (χ2n) is 8.33. The number of nitrogens with zero attached hydrogens (tertiary/aromatic N) is 4. The van der Waals surface area contributed by atoms with E-state index in [4.69, 9.17) is 9.52 Å². The summed E-state index contributed by atoms with van der Waals surface area (Å²) in [5.41, 5.74) is 3.63. The van der Waals surface area contributed by atoms with Gasteiger partial charge in [-0.15, -0.1) is 0 Å². The number of aromatic nitrogens is 4. The maximum Gasteiger partial charge on any atom is 0.345 e. The molecule has 0 aliphatic carbocycles. The number of hydrogen-bond donors (Lipinski definition) is 0. The number of rotatable bonds is 3. The maximum atomic E-state index is 13.4. The Morgan fingerprint density at radius 2 is 1.67 bits per heavy atom. The molecule has 172 valence electrons. The summed E-state index contributed by atoms with van der Waals surface area (Å²) >= 11 is 1.31. The van der Waals surface area contributed by atoms with Crippen LogP contribution in [0.2, 0.25) is 0 Å². The highest BCUT2D eigenvalue weighted by Gasteiger charge is 2.18. The highest BCUT2D eigenvalue weighted by atomic mass is 32.1. The van der Waals surface area contributed by atoms with Crippen molar-refractivity contribution in [2.24, 2.45) is 0 Å². The number of fused-ring (bicyclic) bond motifs is 4. The minimum atomic E-state index is -0.490. The second-order valence-corrected chi connectivity index (χ2v) is 9.34. The molecule has 7 aromatic rings. The van der Waals surface area contributed by atoms with Gasteiger partial charge < -0.3 is 4.42 Å². The van der Waals surface area contributed by atoms with Crippen LogP contribution in [0.5, 0.6) is 0 Å². The van der Waals surface area contributed by atoms with Crippen molar-refractivity contribution in [2.45, 2.75) is 0 Å². The van der Waals surface area contributed by atoms with Crippen molar-refractivity contribution in [3.8, 4) is 16.9 Å². The first-order chi connectivity index (χ1) is 17.7. The normalized spacial score (nSPS) is 12.3. The molecule has 0 bridgehead atoms. The van der Waals surface area contributed by atoms with Crippen LogP contribution in [0.4, 0.5) is 0 Å². The predicted molar refractivity (Wildman–Crippen MR) is 141 cm³/mol. The van der Waals surface area contributed by atoms with Gasteiger partial charge in [0.1, 0.15) is 11.3 Å². The van der Waals surface area contributed by atoms with E-state index in [0.717, 1.165) is 22.1 Å². The van der Waals surface area contributed by atoms with Crippen LogP contribution < -0.4 is 15.7 Å². The molecule has 0 spiro atoms. The molecule has 7 rings (SSSR count). The standard InChI is InChI=1S/C28H16N4O3S/c33-26-24(36-28-29-21-11-5-6-12-22(21)32(26)28)15-18-16-31(19-9-2-1-3-10-19)30-25(18)20-14-17-8-4-7-13-23(17)35-27(20)34/h1-16H/b24-15-. The maximum absolute atomic E-state index is 13.4. The van der Waals surface area contributed by atoms with Gasteiger partial charge in [0.15, 0.2) is 4.96 Å². The summed E-state index contributed by atoms with van der Waals surface area (Å²) in [4.78, 5) is 31.6. The monoisotopic (exact) mass is 488 g/mol. The Morgan fingerprint density at radius 1 is 0.889 bits per heavy atom. The molecule has 4 heterocycles. The molecule has 36 heavy (non-hydrogen) atoms. The zero-order valence-electron chi connectivity index (χ0n) is 18.7. The van der Waals surface area contributed by atoms with E-state index >= 15 is 0 Å². The Morgan fingerprint density at radius 3 is 2.56 bits per heavy atom. The van der Waals surface area contributed by atoms with Gasteiger partial charge in [-0.1, -0.05) is 59.9 Å². The van der Waals surface area contributed by atoms with E-state index in [0.29, 0.717) is 31.9 Å². The van der Waals surface area contributed by atoms with Gasteiger partial charge in [0.05, 0.1) is 26.8 Å². The molecular weight excluding hydrogens is 472 g/mol. The van der Waals surface area contributed by atoms with Gasteiger partial charge in [-0.25, -0.2) is 18.9 Å². The largest absolute Gasteiger partial charge is 0.422 e. The van der Waals surface area contributed by atoms with Gasteiger partial charge >= 0.3 is 5.63 Å². The number of para-hydroxylation sites is 4. The Labute approximate surface area is 206 Å². The quantitative estimate of drug-likeness (QED) is 0.344. The van der Waals surface area contributed by atoms with Crippen LogP contribution >= 0.6 is 11.3 Å². The van der Waals surface area contributed by atoms with Crippen LogP contribution in [0, 0.1) is 0 Å². The molecule has 8 heteroatoms. The summed E-state index contributed by atoms with van der Waals surface area (Å²) in [6.45, 7) is 0. The lowest BCUT2D eigenvalue weighted by atomic mass is 10.1. The van der Waals surface area contributed by atoms with Gasteiger partial charge in [0.25, 0.3) is 5.56 Å². The summed E-state index contributed by atoms with van der Waals surface area (Å²) in [6, 6.07) is 26.3. The van der Waals surface area contributed by atoms with Crippen molar-refractivity contribution in [3.63, 3.8) is 0 Å². The van der Waals surface area contributed by atoms with Crippen molar-refractivity contribution in [3.05, 3.63) is 122 Å². The van der Waals surface area contributed by atoms with Crippen molar-refractivity contribution >= 4 is 44.4 Å². The van der Waals surface area contributed by atoms with Gasteiger partial charge in [-0.3, -0.25) is 4.79 Å². The third kappa shape index (κ3) is 3.19. The van der Waals surface area contributed by atoms with Crippen molar-refractivity contribution < 1.29 is 4.42 Å². The lowest BCUT2D eigenvalue weighted by Crippen LogP contribution is -2.22. The third-order valence-electron chi connectivity index (χ3n) is 6.09. The van der Waals surface area contributed by atoms with Gasteiger partial charge in [0.2, 0.25) is 0 Å². The van der Waals surface area contributed by atoms with E-state index in [1.807, 2.05) is 79.0 Å². The summed E-state index contributed by atoms with van der Waals surface area (Å²) < 4.78 is 9.41. The van der Waals surface area contributed by atoms with Gasteiger partial charge in [0, 0.05) is 17.1 Å². The fourth-order valence-corrected chi connectivity index (χ4v) is 5.37. The third-order valence-corrected chi connectivity index (χ3v) is 7.06. The van der Waals surface area contributed by atoms with Crippen LogP contribution in [0.15, 0.2) is 105 Å². The van der Waals surface area contributed by atoms with E-state index in [1.165, 1.54) is 11.3 Å². The summed E-state index contributed by atoms with van der Waals surface area (Å²) in [7, 11) is 0. The smallest absolute Gasteiger partial charge is 0.345 e. The van der Waals surface area contributed by atoms with Crippen LogP contribution in [-0.2, 0) is 0 Å². The Hall–Kier alpha value is -4.82. The molecule has 0 saturated heterocycles. The molecule has 0 atom stereocenters. The number of thiazole rings is 1. The van der Waals surface area contributed by atoms with E-state index in [-0.39, 0.29) is 5.56 Å². The molecule has 0 amide bonds. The molecule has 0 fully saturated rings. The second kappa shape index (κ2) is 7.86. The van der Waals surface area contributed by atoms with E-state index < -0.39 is 5.63 Å². The molecule has 0 aliphatic heterocycles. The summed E-state index contributed by atoms with van der Waals surface area (Å²) in [6.07, 6.45) is 3.59. The predicted octanol–water partition coefficient (Wildman–Crippen LogP) is 4.42. The highest BCUT2D eigenvalue weighted by molar-refractivity contribution is 7.15. The molecule has 0 N–H and O–H groups in total. The van der Waals surface area contributed by atoms with Crippen LogP contribution in [0.1, 0.15) is 5.56 Å². The lowest BCUT2D eigenvalue weighted by Gasteiger charge is -2.01. The van der Waals surface area contributed by atoms with Crippen LogP contribution in [0.25, 0.3) is 50.0 Å². The van der Waals surface area contributed by atoms with E-state index in [1.54, 1.807) is 27.3 Å². The summed E-state index contributed by atoms with van der Waals surface area (Å²) in [5.74, 6) is 0. The van der Waals surface area contributed by atoms with Gasteiger partial charge in [-0.2, -0.15) is 5.10 Å². The molecule has 4 aromatic heterocycles. The SMILES string of the molecule is O=c1oc2ccccc2cc1-c1nn(-c2ccccc2)cc1/C=c1\sc2nc3ccccc3n2c1=O. The Kier molecular flexibility index (Phi) is 4.49. The first-order valence-electron chi connectivity index (χ1n) is 11.3. The number of benzene rings is 3. The number of hydrogen-bond acceptors (Lipinski definition) is 6. The van der Waals surface area contributed by atoms with Crippen LogP contribution in [0.3, 0.4) is 0 Å². The minimum Gasteiger partial charge on any atom is -0.422 e. The zero-order valence-corrected chi connectivity index (χ0v) is 19.5. The highest BCUT2D eigenvalue weighted by Crippen LogP contribution is 2.25.